The van der Waals surface area contributed by atoms with Gasteiger partial charge in [-0.25, -0.2) is 14.9 Å². The maximum atomic E-state index is 12.1. The van der Waals surface area contributed by atoms with Gasteiger partial charge in [0.2, 0.25) is 0 Å². The molecule has 0 aliphatic heterocycles. The van der Waals surface area contributed by atoms with Crippen LogP contribution in [-0.4, -0.2) is 36.9 Å². The fourth-order valence-electron chi connectivity index (χ4n) is 4.12. The first kappa shape index (κ1) is 23.1. The summed E-state index contributed by atoms with van der Waals surface area (Å²) in [7, 11) is 0. The summed E-state index contributed by atoms with van der Waals surface area (Å²) in [6.45, 7) is 4.08. The summed E-state index contributed by atoms with van der Waals surface area (Å²) in [4.78, 5) is 24.4. The molecule has 5 rings (SSSR count). The number of imidazole rings is 1. The lowest BCUT2D eigenvalue weighted by Crippen LogP contribution is -2.00. The molecule has 5 aromatic rings. The molecule has 0 radical (unpaired) electrons. The van der Waals surface area contributed by atoms with Gasteiger partial charge in [-0.05, 0) is 59.4 Å². The van der Waals surface area contributed by atoms with E-state index in [-0.39, 0.29) is 10.4 Å². The number of nitrogens with one attached hydrogen (secondary N) is 2. The first-order chi connectivity index (χ1) is 17.0. The number of carbonyl (C=O) groups is 1. The molecule has 2 heterocycles. The predicted molar refractivity (Wildman–Crippen MR) is 140 cm³/mol. The quantitative estimate of drug-likeness (QED) is 0.161. The van der Waals surface area contributed by atoms with Gasteiger partial charge in [0, 0.05) is 11.3 Å². The number of fused-ring (bicyclic) bond motifs is 1. The minimum atomic E-state index is -0.984. The van der Waals surface area contributed by atoms with Crippen molar-refractivity contribution in [3.05, 3.63) is 70.6 Å². The van der Waals surface area contributed by atoms with Crippen LogP contribution in [0.3, 0.4) is 0 Å². The Kier molecular flexibility index (Phi) is 6.27. The summed E-state index contributed by atoms with van der Waals surface area (Å²) in [5.41, 5.74) is 7.00. The van der Waals surface area contributed by atoms with E-state index in [1.165, 1.54) is 0 Å². The average Bonchev–Trinajstić information content (AvgIpc) is 3.50. The molecule has 0 aliphatic rings. The van der Waals surface area contributed by atoms with Crippen LogP contribution in [0.5, 0.6) is 0 Å². The first-order valence-corrected chi connectivity index (χ1v) is 12.5. The molecule has 0 atom stereocenters. The van der Waals surface area contributed by atoms with Gasteiger partial charge in [0.1, 0.15) is 0 Å². The Morgan fingerprint density at radius 2 is 1.74 bits per heavy atom. The van der Waals surface area contributed by atoms with E-state index in [1.54, 1.807) is 17.8 Å². The van der Waals surface area contributed by atoms with Crippen molar-refractivity contribution >= 4 is 41.0 Å². The number of nitrogens with zero attached hydrogens (tertiary/aromatic N) is 2. The molecular weight excluding hydrogens is 480 g/mol. The highest BCUT2D eigenvalue weighted by Crippen LogP contribution is 2.35. The summed E-state index contributed by atoms with van der Waals surface area (Å²) < 4.78 is 5.11. The second kappa shape index (κ2) is 9.52. The lowest BCUT2D eigenvalue weighted by molar-refractivity contribution is 0.0699. The molecule has 0 bridgehead atoms. The third-order valence-electron chi connectivity index (χ3n) is 5.80. The van der Waals surface area contributed by atoms with Gasteiger partial charge in [-0.2, -0.15) is 4.98 Å². The zero-order chi connectivity index (χ0) is 24.5. The highest BCUT2D eigenvalue weighted by molar-refractivity contribution is 7.99. The van der Waals surface area contributed by atoms with Crippen LogP contribution in [0.4, 0.5) is 0 Å². The molecule has 3 aromatic carbocycles. The van der Waals surface area contributed by atoms with Gasteiger partial charge in [-0.15, -0.1) is 0 Å². The van der Waals surface area contributed by atoms with E-state index in [0.717, 1.165) is 50.7 Å². The second-order valence-electron chi connectivity index (χ2n) is 8.07. The van der Waals surface area contributed by atoms with Crippen molar-refractivity contribution < 1.29 is 14.4 Å². The fraction of sp³-hybridized carbons (Fsp3) is 0.154. The molecule has 0 amide bonds. The Labute approximate surface area is 210 Å². The van der Waals surface area contributed by atoms with E-state index in [4.69, 9.17) is 21.7 Å². The summed E-state index contributed by atoms with van der Waals surface area (Å²) >= 11 is 6.60. The minimum absolute atomic E-state index is 0.153. The number of aromatic nitrogens is 4. The summed E-state index contributed by atoms with van der Waals surface area (Å²) in [6, 6.07) is 17.6. The largest absolute Gasteiger partial charge is 0.478 e. The molecule has 7 nitrogen and oxygen atoms in total. The summed E-state index contributed by atoms with van der Waals surface area (Å²) in [6.07, 6.45) is 1.01. The summed E-state index contributed by atoms with van der Waals surface area (Å²) in [5.74, 6) is 0.497. The van der Waals surface area contributed by atoms with Crippen LogP contribution >= 0.6 is 24.0 Å². The second-order valence-corrected chi connectivity index (χ2v) is 9.50. The number of H-pyrrole nitrogens is 2. The van der Waals surface area contributed by atoms with Crippen LogP contribution < -0.4 is 0 Å². The molecule has 2 aromatic heterocycles. The molecule has 176 valence electrons. The number of aromatic carboxylic acids is 1. The van der Waals surface area contributed by atoms with E-state index in [0.29, 0.717) is 16.9 Å². The normalized spacial score (nSPS) is 11.3. The smallest absolute Gasteiger partial charge is 0.337 e. The van der Waals surface area contributed by atoms with Crippen molar-refractivity contribution in [3.8, 4) is 33.6 Å². The molecule has 0 saturated heterocycles. The SMILES string of the molecule is CCCSc1nc2c(C)c(-c3ccc(-c4ccccc4-c4nc(=S)o[nH]4)cc3)cc(C(=O)O)c2[nH]1. The number of benzene rings is 3. The van der Waals surface area contributed by atoms with Gasteiger partial charge in [-0.1, -0.05) is 67.2 Å². The van der Waals surface area contributed by atoms with Crippen LogP contribution in [0.2, 0.25) is 0 Å². The molecule has 0 spiro atoms. The third-order valence-corrected chi connectivity index (χ3v) is 7.05. The fourth-order valence-corrected chi connectivity index (χ4v) is 4.98. The number of carboxylic acid groups (broad SMARTS) is 1. The molecule has 3 N–H and O–H groups in total. The molecule has 0 aliphatic carbocycles. The number of hydrogen-bond donors (Lipinski definition) is 3. The van der Waals surface area contributed by atoms with Crippen LogP contribution in [0.25, 0.3) is 44.7 Å². The Hall–Kier alpha value is -3.69. The van der Waals surface area contributed by atoms with E-state index >= 15 is 0 Å². The molecule has 0 fully saturated rings. The van der Waals surface area contributed by atoms with Crippen molar-refractivity contribution in [1.82, 2.24) is 20.1 Å². The van der Waals surface area contributed by atoms with E-state index < -0.39 is 5.97 Å². The molecule has 0 saturated carbocycles. The molecular formula is C26H22N4O3S2. The van der Waals surface area contributed by atoms with Crippen molar-refractivity contribution in [2.75, 3.05) is 5.75 Å². The lowest BCUT2D eigenvalue weighted by Gasteiger charge is -2.11. The average molecular weight is 503 g/mol. The Morgan fingerprint density at radius 1 is 1.06 bits per heavy atom. The van der Waals surface area contributed by atoms with Gasteiger partial charge in [0.05, 0.1) is 16.6 Å². The lowest BCUT2D eigenvalue weighted by atomic mass is 9.93. The van der Waals surface area contributed by atoms with Crippen LogP contribution in [0, 0.1) is 11.8 Å². The van der Waals surface area contributed by atoms with E-state index in [2.05, 4.69) is 22.0 Å². The van der Waals surface area contributed by atoms with Crippen LogP contribution in [0.15, 0.2) is 64.3 Å². The summed E-state index contributed by atoms with van der Waals surface area (Å²) in [5, 5.41) is 13.4. The molecule has 35 heavy (non-hydrogen) atoms. The first-order valence-electron chi connectivity index (χ1n) is 11.1. The zero-order valence-electron chi connectivity index (χ0n) is 19.1. The highest BCUT2D eigenvalue weighted by atomic mass is 32.2. The van der Waals surface area contributed by atoms with Crippen LogP contribution in [-0.2, 0) is 0 Å². The molecule has 0 unspecified atom stereocenters. The van der Waals surface area contributed by atoms with Gasteiger partial charge >= 0.3 is 10.8 Å². The molecule has 9 heteroatoms. The zero-order valence-corrected chi connectivity index (χ0v) is 20.7. The highest BCUT2D eigenvalue weighted by Gasteiger charge is 2.19. The number of rotatable bonds is 7. The third kappa shape index (κ3) is 4.40. The topological polar surface area (TPSA) is 108 Å². The Morgan fingerprint density at radius 3 is 2.37 bits per heavy atom. The van der Waals surface area contributed by atoms with Crippen molar-refractivity contribution in [2.45, 2.75) is 25.4 Å². The number of aryl methyl sites for hydroxylation is 1. The van der Waals surface area contributed by atoms with Gasteiger partial charge in [0.25, 0.3) is 0 Å². The van der Waals surface area contributed by atoms with Gasteiger partial charge in [-0.3, -0.25) is 0 Å². The maximum absolute atomic E-state index is 12.1. The monoisotopic (exact) mass is 502 g/mol. The number of hydrogen-bond acceptors (Lipinski definition) is 6. The standard InChI is InChI=1S/C26H22N4O3S2/c1-3-12-35-25-27-21-14(2)19(13-20(24(31)32)22(21)28-25)16-10-8-15(9-11-16)17-6-4-5-7-18(17)23-29-26(34)33-30-23/h4-11,13H,3,12H2,1-2H3,(H,27,28)(H,31,32)(H,29,30,34). The number of carboxylic acids is 1. The van der Waals surface area contributed by atoms with Crippen LogP contribution in [0.1, 0.15) is 29.3 Å². The maximum Gasteiger partial charge on any atom is 0.337 e. The number of aromatic amines is 2. The Bertz CT molecular complexity index is 1600. The minimum Gasteiger partial charge on any atom is -0.478 e. The van der Waals surface area contributed by atoms with Crippen molar-refractivity contribution in [2.24, 2.45) is 0 Å². The Balaban J connectivity index is 1.58. The number of thioether (sulfide) groups is 1. The van der Waals surface area contributed by atoms with Gasteiger partial charge in [0.15, 0.2) is 11.0 Å². The van der Waals surface area contributed by atoms with Crippen molar-refractivity contribution in [3.63, 3.8) is 0 Å². The predicted octanol–water partition coefficient (Wildman–Crippen LogP) is 7.12. The van der Waals surface area contributed by atoms with Gasteiger partial charge < -0.3 is 14.6 Å². The van der Waals surface area contributed by atoms with E-state index in [9.17, 15) is 9.90 Å². The van der Waals surface area contributed by atoms with E-state index in [1.807, 2.05) is 55.5 Å². The van der Waals surface area contributed by atoms with Crippen molar-refractivity contribution in [1.29, 1.82) is 0 Å².